The number of hydrogen-bond acceptors (Lipinski definition) is 2. The van der Waals surface area contributed by atoms with Gasteiger partial charge >= 0.3 is 0 Å². The van der Waals surface area contributed by atoms with Gasteiger partial charge in [-0.15, -0.1) is 0 Å². The van der Waals surface area contributed by atoms with Crippen LogP contribution in [-0.4, -0.2) is 18.3 Å². The van der Waals surface area contributed by atoms with Crippen LogP contribution in [-0.2, 0) is 0 Å². The molecule has 82 valence electrons. The molecule has 0 radical (unpaired) electrons. The minimum absolute atomic E-state index is 0.338. The van der Waals surface area contributed by atoms with Crippen LogP contribution in [0, 0.1) is 6.92 Å². The number of benzene rings is 1. The maximum atomic E-state index is 11.9. The molecule has 4 heteroatoms. The summed E-state index contributed by atoms with van der Waals surface area (Å²) >= 11 is 4.86. The van der Waals surface area contributed by atoms with E-state index in [9.17, 15) is 4.39 Å². The summed E-state index contributed by atoms with van der Waals surface area (Å²) in [6, 6.07) is 5.52. The SMILES string of the molecule is Cc1ccc(C(N)=S)cc1OCCCF. The van der Waals surface area contributed by atoms with Crippen molar-refractivity contribution in [2.75, 3.05) is 13.3 Å². The van der Waals surface area contributed by atoms with E-state index in [-0.39, 0.29) is 6.67 Å². The Labute approximate surface area is 94.2 Å². The van der Waals surface area contributed by atoms with E-state index < -0.39 is 0 Å². The van der Waals surface area contributed by atoms with Crippen LogP contribution in [0.15, 0.2) is 18.2 Å². The van der Waals surface area contributed by atoms with Gasteiger partial charge in [0, 0.05) is 12.0 Å². The lowest BCUT2D eigenvalue weighted by Gasteiger charge is -2.09. The van der Waals surface area contributed by atoms with Gasteiger partial charge in [0.1, 0.15) is 10.7 Å². The van der Waals surface area contributed by atoms with E-state index in [0.717, 1.165) is 11.1 Å². The molecule has 0 aliphatic heterocycles. The molecule has 0 amide bonds. The largest absolute Gasteiger partial charge is 0.493 e. The van der Waals surface area contributed by atoms with E-state index in [4.69, 9.17) is 22.7 Å². The Morgan fingerprint density at radius 2 is 2.27 bits per heavy atom. The maximum absolute atomic E-state index is 11.9. The van der Waals surface area contributed by atoms with Crippen molar-refractivity contribution >= 4 is 17.2 Å². The zero-order valence-corrected chi connectivity index (χ0v) is 9.44. The molecule has 0 saturated heterocycles. The van der Waals surface area contributed by atoms with Crippen molar-refractivity contribution in [3.05, 3.63) is 29.3 Å². The first-order chi connectivity index (χ1) is 7.15. The van der Waals surface area contributed by atoms with E-state index in [1.54, 1.807) is 6.07 Å². The molecule has 2 N–H and O–H groups in total. The van der Waals surface area contributed by atoms with Gasteiger partial charge in [-0.05, 0) is 18.6 Å². The van der Waals surface area contributed by atoms with E-state index >= 15 is 0 Å². The Morgan fingerprint density at radius 1 is 1.53 bits per heavy atom. The first kappa shape index (κ1) is 11.9. The Morgan fingerprint density at radius 3 is 2.87 bits per heavy atom. The Kier molecular flexibility index (Phi) is 4.49. The first-order valence-electron chi connectivity index (χ1n) is 4.74. The minimum atomic E-state index is -0.367. The smallest absolute Gasteiger partial charge is 0.122 e. The summed E-state index contributed by atoms with van der Waals surface area (Å²) < 4.78 is 17.3. The standard InChI is InChI=1S/C11H14FNOS/c1-8-3-4-9(11(13)15)7-10(8)14-6-2-5-12/h3-4,7H,2,5-6H2,1H3,(H2,13,15). The van der Waals surface area contributed by atoms with Gasteiger partial charge in [-0.3, -0.25) is 4.39 Å². The molecule has 1 aromatic rings. The molecule has 0 fully saturated rings. The fourth-order valence-electron chi connectivity index (χ4n) is 1.15. The topological polar surface area (TPSA) is 35.2 Å². The molecule has 0 spiro atoms. The van der Waals surface area contributed by atoms with Gasteiger partial charge < -0.3 is 10.5 Å². The molecule has 0 heterocycles. The summed E-state index contributed by atoms with van der Waals surface area (Å²) in [6.45, 7) is 1.93. The van der Waals surface area contributed by atoms with Crippen LogP contribution in [0.3, 0.4) is 0 Å². The van der Waals surface area contributed by atoms with Crippen LogP contribution in [0.4, 0.5) is 4.39 Å². The van der Waals surface area contributed by atoms with Gasteiger partial charge in [0.05, 0.1) is 13.3 Å². The third kappa shape index (κ3) is 3.47. The number of aryl methyl sites for hydroxylation is 1. The number of thiocarbonyl (C=S) groups is 1. The van der Waals surface area contributed by atoms with Crippen LogP contribution in [0.5, 0.6) is 5.75 Å². The number of alkyl halides is 1. The van der Waals surface area contributed by atoms with Gasteiger partial charge in [0.25, 0.3) is 0 Å². The highest BCUT2D eigenvalue weighted by molar-refractivity contribution is 7.80. The second-order valence-electron chi connectivity index (χ2n) is 3.24. The number of hydrogen-bond donors (Lipinski definition) is 1. The lowest BCUT2D eigenvalue weighted by molar-refractivity contribution is 0.288. The number of halogens is 1. The quantitative estimate of drug-likeness (QED) is 0.619. The highest BCUT2D eigenvalue weighted by Crippen LogP contribution is 2.19. The Hall–Kier alpha value is -1.16. The van der Waals surface area contributed by atoms with Crippen LogP contribution in [0.1, 0.15) is 17.5 Å². The van der Waals surface area contributed by atoms with Crippen molar-refractivity contribution in [2.24, 2.45) is 5.73 Å². The normalized spacial score (nSPS) is 10.0. The molecule has 0 bridgehead atoms. The van der Waals surface area contributed by atoms with Crippen LogP contribution in [0.2, 0.25) is 0 Å². The second-order valence-corrected chi connectivity index (χ2v) is 3.68. The maximum Gasteiger partial charge on any atom is 0.122 e. The third-order valence-electron chi connectivity index (χ3n) is 2.01. The summed E-state index contributed by atoms with van der Waals surface area (Å²) in [5.74, 6) is 0.716. The van der Waals surface area contributed by atoms with E-state index in [1.165, 1.54) is 0 Å². The summed E-state index contributed by atoms with van der Waals surface area (Å²) in [6.07, 6.45) is 0.400. The highest BCUT2D eigenvalue weighted by Gasteiger charge is 2.03. The van der Waals surface area contributed by atoms with Crippen molar-refractivity contribution in [2.45, 2.75) is 13.3 Å². The molecule has 2 nitrogen and oxygen atoms in total. The molecular formula is C11H14FNOS. The van der Waals surface area contributed by atoms with Crippen molar-refractivity contribution in [1.82, 2.24) is 0 Å². The minimum Gasteiger partial charge on any atom is -0.493 e. The molecule has 0 atom stereocenters. The average Bonchev–Trinajstić information content (AvgIpc) is 2.20. The van der Waals surface area contributed by atoms with Gasteiger partial charge in [-0.1, -0.05) is 24.4 Å². The predicted molar refractivity (Wildman–Crippen MR) is 63.2 cm³/mol. The lowest BCUT2D eigenvalue weighted by atomic mass is 10.1. The number of nitrogens with two attached hydrogens (primary N) is 1. The summed E-state index contributed by atoms with van der Waals surface area (Å²) in [7, 11) is 0. The van der Waals surface area contributed by atoms with Gasteiger partial charge in [0.2, 0.25) is 0 Å². The Balaban J connectivity index is 2.76. The first-order valence-corrected chi connectivity index (χ1v) is 5.15. The number of rotatable bonds is 5. The Bertz CT molecular complexity index is 354. The van der Waals surface area contributed by atoms with Crippen LogP contribution < -0.4 is 10.5 Å². The summed E-state index contributed by atoms with van der Waals surface area (Å²) in [5.41, 5.74) is 7.27. The average molecular weight is 227 g/mol. The van der Waals surface area contributed by atoms with E-state index in [2.05, 4.69) is 0 Å². The molecule has 1 rings (SSSR count). The van der Waals surface area contributed by atoms with E-state index in [0.29, 0.717) is 23.8 Å². The molecule has 1 aromatic carbocycles. The van der Waals surface area contributed by atoms with Crippen molar-refractivity contribution in [1.29, 1.82) is 0 Å². The summed E-state index contributed by atoms with van der Waals surface area (Å²) in [5, 5.41) is 0. The molecule has 0 unspecified atom stereocenters. The van der Waals surface area contributed by atoms with Crippen LogP contribution >= 0.6 is 12.2 Å². The number of ether oxygens (including phenoxy) is 1. The zero-order chi connectivity index (χ0) is 11.3. The van der Waals surface area contributed by atoms with Gasteiger partial charge in [-0.2, -0.15) is 0 Å². The monoisotopic (exact) mass is 227 g/mol. The lowest BCUT2D eigenvalue weighted by Crippen LogP contribution is -2.10. The molecule has 15 heavy (non-hydrogen) atoms. The van der Waals surface area contributed by atoms with Gasteiger partial charge in [-0.25, -0.2) is 0 Å². The molecule has 0 aliphatic rings. The van der Waals surface area contributed by atoms with E-state index in [1.807, 2.05) is 19.1 Å². The van der Waals surface area contributed by atoms with Crippen molar-refractivity contribution < 1.29 is 9.13 Å². The third-order valence-corrected chi connectivity index (χ3v) is 2.24. The second kappa shape index (κ2) is 5.66. The zero-order valence-electron chi connectivity index (χ0n) is 8.63. The predicted octanol–water partition coefficient (Wildman–Crippen LogP) is 2.37. The molecular weight excluding hydrogens is 213 g/mol. The summed E-state index contributed by atoms with van der Waals surface area (Å²) in [4.78, 5) is 0.338. The van der Waals surface area contributed by atoms with Crippen molar-refractivity contribution in [3.8, 4) is 5.75 Å². The van der Waals surface area contributed by atoms with Gasteiger partial charge in [0.15, 0.2) is 0 Å². The molecule has 0 aliphatic carbocycles. The van der Waals surface area contributed by atoms with Crippen molar-refractivity contribution in [3.63, 3.8) is 0 Å². The highest BCUT2D eigenvalue weighted by atomic mass is 32.1. The molecule has 0 saturated carbocycles. The fourth-order valence-corrected chi connectivity index (χ4v) is 1.27. The van der Waals surface area contributed by atoms with Crippen LogP contribution in [0.25, 0.3) is 0 Å². The fraction of sp³-hybridized carbons (Fsp3) is 0.364. The molecule has 0 aromatic heterocycles.